The van der Waals surface area contributed by atoms with Gasteiger partial charge in [-0.3, -0.25) is 4.90 Å². The van der Waals surface area contributed by atoms with Crippen LogP contribution in [0.25, 0.3) is 10.9 Å². The van der Waals surface area contributed by atoms with E-state index in [1.807, 2.05) is 4.90 Å². The summed E-state index contributed by atoms with van der Waals surface area (Å²) in [7, 11) is 0. The molecule has 6 rings (SSSR count). The fourth-order valence-electron chi connectivity index (χ4n) is 6.21. The summed E-state index contributed by atoms with van der Waals surface area (Å²) in [4.78, 5) is 26.2. The van der Waals surface area contributed by atoms with Gasteiger partial charge in [-0.05, 0) is 41.4 Å². The predicted molar refractivity (Wildman–Crippen MR) is 131 cm³/mol. The van der Waals surface area contributed by atoms with E-state index in [9.17, 15) is 14.3 Å². The molecule has 2 unspecified atom stereocenters. The van der Waals surface area contributed by atoms with Gasteiger partial charge < -0.3 is 24.4 Å². The lowest BCUT2D eigenvalue weighted by Crippen LogP contribution is -2.66. The summed E-state index contributed by atoms with van der Waals surface area (Å²) >= 11 is 9.50. The maximum atomic E-state index is 15.4. The first-order valence-corrected chi connectivity index (χ1v) is 13.1. The van der Waals surface area contributed by atoms with Gasteiger partial charge in [-0.25, -0.2) is 13.6 Å². The number of amides is 1. The molecule has 1 aromatic carbocycles. The number of benzene rings is 1. The van der Waals surface area contributed by atoms with Crippen LogP contribution in [-0.2, 0) is 4.74 Å². The van der Waals surface area contributed by atoms with Gasteiger partial charge in [0.05, 0.1) is 40.3 Å². The number of anilines is 1. The van der Waals surface area contributed by atoms with Crippen LogP contribution in [-0.4, -0.2) is 101 Å². The van der Waals surface area contributed by atoms with E-state index in [0.717, 1.165) is 19.4 Å². The van der Waals surface area contributed by atoms with Crippen molar-refractivity contribution < 1.29 is 28.2 Å². The lowest BCUT2D eigenvalue weighted by atomic mass is 9.95. The van der Waals surface area contributed by atoms with Gasteiger partial charge in [-0.15, -0.1) is 0 Å². The first-order chi connectivity index (χ1) is 17.3. The number of carboxylic acid groups (broad SMARTS) is 1. The Kier molecular flexibility index (Phi) is 6.13. The molecule has 0 radical (unpaired) electrons. The summed E-state index contributed by atoms with van der Waals surface area (Å²) in [6.07, 6.45) is 0.285. The molecule has 1 N–H and O–H groups in total. The Morgan fingerprint density at radius 3 is 2.78 bits per heavy atom. The van der Waals surface area contributed by atoms with Crippen LogP contribution in [0, 0.1) is 5.82 Å². The maximum Gasteiger partial charge on any atom is 0.407 e. The number of piperazine rings is 1. The number of carbonyl (C=O) groups is 1. The van der Waals surface area contributed by atoms with Gasteiger partial charge in [0.1, 0.15) is 24.1 Å². The Labute approximate surface area is 219 Å². The standard InChI is InChI=1S/C23H25BrClF2N5O4/c24-17-16(25)4-15-19(18(17)27)28-21(36-11-23-2-1-3-31(23)6-12(26)5-23)29-20(15)32-13-7-30(22(33)34)8-14(32)10-35-9-13/h4,12-14H,1-3,5-11H2,(H,33,34)/t12-,13?,14?,23+/m1/s1. The van der Waals surface area contributed by atoms with Crippen LogP contribution < -0.4 is 9.64 Å². The minimum Gasteiger partial charge on any atom is -0.465 e. The number of nitrogens with zero attached hydrogens (tertiary/aromatic N) is 5. The number of ether oxygens (including phenoxy) is 2. The highest BCUT2D eigenvalue weighted by Crippen LogP contribution is 2.42. The van der Waals surface area contributed by atoms with Crippen LogP contribution in [0.5, 0.6) is 6.01 Å². The average molecular weight is 589 g/mol. The van der Waals surface area contributed by atoms with E-state index in [1.54, 1.807) is 6.07 Å². The Bertz CT molecular complexity index is 1210. The van der Waals surface area contributed by atoms with Gasteiger partial charge in [-0.2, -0.15) is 9.97 Å². The summed E-state index contributed by atoms with van der Waals surface area (Å²) < 4.78 is 41.5. The molecule has 4 fully saturated rings. The van der Waals surface area contributed by atoms with E-state index < -0.39 is 23.6 Å². The smallest absolute Gasteiger partial charge is 0.407 e. The van der Waals surface area contributed by atoms with Gasteiger partial charge in [-0.1, -0.05) is 11.6 Å². The fourth-order valence-corrected chi connectivity index (χ4v) is 6.71. The third-order valence-electron chi connectivity index (χ3n) is 7.80. The number of rotatable bonds is 4. The minimum absolute atomic E-state index is 0.00573. The molecule has 0 saturated carbocycles. The predicted octanol–water partition coefficient (Wildman–Crippen LogP) is 3.71. The molecule has 194 valence electrons. The van der Waals surface area contributed by atoms with Crippen molar-refractivity contribution in [3.05, 3.63) is 21.4 Å². The maximum absolute atomic E-state index is 15.4. The van der Waals surface area contributed by atoms with Crippen molar-refractivity contribution in [3.8, 4) is 6.01 Å². The third-order valence-corrected chi connectivity index (χ3v) is 9.10. The molecule has 5 heterocycles. The molecule has 4 aliphatic heterocycles. The Morgan fingerprint density at radius 1 is 1.31 bits per heavy atom. The number of hydrogen-bond acceptors (Lipinski definition) is 7. The van der Waals surface area contributed by atoms with Crippen molar-refractivity contribution in [2.45, 2.75) is 43.1 Å². The van der Waals surface area contributed by atoms with E-state index in [2.05, 4.69) is 25.8 Å². The molecule has 2 aromatic rings. The van der Waals surface area contributed by atoms with Crippen LogP contribution in [0.4, 0.5) is 19.4 Å². The van der Waals surface area contributed by atoms with Gasteiger partial charge >= 0.3 is 12.1 Å². The number of morpholine rings is 1. The van der Waals surface area contributed by atoms with Gasteiger partial charge in [0.25, 0.3) is 0 Å². The highest BCUT2D eigenvalue weighted by Gasteiger charge is 2.49. The summed E-state index contributed by atoms with van der Waals surface area (Å²) in [5.41, 5.74) is -0.365. The molecule has 1 amide bonds. The second-order valence-electron chi connectivity index (χ2n) is 10.0. The van der Waals surface area contributed by atoms with E-state index in [4.69, 9.17) is 26.1 Å². The molecule has 2 bridgehead atoms. The van der Waals surface area contributed by atoms with E-state index in [0.29, 0.717) is 37.4 Å². The molecule has 4 atom stereocenters. The van der Waals surface area contributed by atoms with E-state index in [1.165, 1.54) is 4.90 Å². The van der Waals surface area contributed by atoms with Crippen molar-refractivity contribution in [2.24, 2.45) is 0 Å². The van der Waals surface area contributed by atoms with Crippen LogP contribution in [0.15, 0.2) is 10.5 Å². The number of halogens is 4. The second-order valence-corrected chi connectivity index (χ2v) is 11.2. The number of hydrogen-bond donors (Lipinski definition) is 1. The van der Waals surface area contributed by atoms with Crippen molar-refractivity contribution in [3.63, 3.8) is 0 Å². The highest BCUT2D eigenvalue weighted by molar-refractivity contribution is 9.10. The zero-order valence-electron chi connectivity index (χ0n) is 19.3. The minimum atomic E-state index is -0.996. The monoisotopic (exact) mass is 587 g/mol. The quantitative estimate of drug-likeness (QED) is 0.541. The van der Waals surface area contributed by atoms with Crippen molar-refractivity contribution in [1.82, 2.24) is 19.8 Å². The molecule has 0 aliphatic carbocycles. The molecule has 1 aromatic heterocycles. The summed E-state index contributed by atoms with van der Waals surface area (Å²) in [6, 6.07) is 0.951. The Balaban J connectivity index is 1.40. The van der Waals surface area contributed by atoms with Gasteiger partial charge in [0.15, 0.2) is 5.82 Å². The molecule has 4 saturated heterocycles. The van der Waals surface area contributed by atoms with Crippen molar-refractivity contribution in [2.75, 3.05) is 50.9 Å². The number of aromatic nitrogens is 2. The lowest BCUT2D eigenvalue weighted by Gasteiger charge is -2.49. The second kappa shape index (κ2) is 9.07. The van der Waals surface area contributed by atoms with Crippen molar-refractivity contribution in [1.29, 1.82) is 0 Å². The molecular weight excluding hydrogens is 564 g/mol. The summed E-state index contributed by atoms with van der Waals surface area (Å²) in [5.74, 6) is -0.218. The highest BCUT2D eigenvalue weighted by atomic mass is 79.9. The summed E-state index contributed by atoms with van der Waals surface area (Å²) in [5, 5.41) is 10.1. The first-order valence-electron chi connectivity index (χ1n) is 12.0. The fraction of sp³-hybridized carbons (Fsp3) is 0.609. The summed E-state index contributed by atoms with van der Waals surface area (Å²) in [6.45, 7) is 2.45. The number of fused-ring (bicyclic) bond motifs is 4. The Hall–Kier alpha value is -2.02. The van der Waals surface area contributed by atoms with Gasteiger partial charge in [0.2, 0.25) is 0 Å². The first kappa shape index (κ1) is 24.3. The van der Waals surface area contributed by atoms with Crippen LogP contribution in [0.2, 0.25) is 5.02 Å². The topological polar surface area (TPSA) is 91.3 Å². The SMILES string of the molecule is O=C(O)N1CC2COCC(C1)N2c1nc(OC[C@@]23CCCN2C[C@H](F)C3)nc2c(F)c(Br)c(Cl)cc12. The van der Waals surface area contributed by atoms with Gasteiger partial charge in [0, 0.05) is 31.4 Å². The number of alkyl halides is 1. The molecule has 9 nitrogen and oxygen atoms in total. The van der Waals surface area contributed by atoms with E-state index in [-0.39, 0.29) is 52.8 Å². The molecule has 36 heavy (non-hydrogen) atoms. The zero-order valence-corrected chi connectivity index (χ0v) is 21.6. The normalized spacial score (nSPS) is 30.2. The molecular formula is C23H25BrClF2N5O4. The van der Waals surface area contributed by atoms with Crippen molar-refractivity contribution >= 4 is 50.3 Å². The zero-order chi connectivity index (χ0) is 25.2. The third kappa shape index (κ3) is 3.97. The molecule has 0 spiro atoms. The molecule has 4 aliphatic rings. The average Bonchev–Trinajstić information content (AvgIpc) is 3.36. The largest absolute Gasteiger partial charge is 0.465 e. The lowest BCUT2D eigenvalue weighted by molar-refractivity contribution is 0.0182. The Morgan fingerprint density at radius 2 is 2.06 bits per heavy atom. The van der Waals surface area contributed by atoms with E-state index >= 15 is 4.39 Å². The van der Waals surface area contributed by atoms with Crippen LogP contribution in [0.3, 0.4) is 0 Å². The van der Waals surface area contributed by atoms with Crippen LogP contribution >= 0.6 is 27.5 Å². The van der Waals surface area contributed by atoms with Crippen LogP contribution in [0.1, 0.15) is 19.3 Å². The molecule has 13 heteroatoms.